The van der Waals surface area contributed by atoms with Crippen molar-refractivity contribution in [2.24, 2.45) is 0 Å². The molecule has 0 aliphatic carbocycles. The summed E-state index contributed by atoms with van der Waals surface area (Å²) in [5, 5.41) is 0. The number of hydrogen-bond donors (Lipinski definition) is 0. The molecular weight excluding hydrogens is 312 g/mol. The van der Waals surface area contributed by atoms with Crippen LogP contribution in [0.5, 0.6) is 0 Å². The van der Waals surface area contributed by atoms with Gasteiger partial charge in [-0.1, -0.05) is 13.0 Å². The second-order valence-electron chi connectivity index (χ2n) is 6.37. The van der Waals surface area contributed by atoms with Gasteiger partial charge in [0.15, 0.2) is 0 Å². The number of carbonyl (C=O) groups excluding carboxylic acids is 1. The normalized spacial score (nSPS) is 12.2. The van der Waals surface area contributed by atoms with Crippen molar-refractivity contribution in [1.82, 2.24) is 0 Å². The second-order valence-corrected chi connectivity index (χ2v) is 8.94. The van der Waals surface area contributed by atoms with Gasteiger partial charge in [-0.05, 0) is 54.4 Å². The molecule has 0 aliphatic rings. The van der Waals surface area contributed by atoms with Crippen molar-refractivity contribution in [1.29, 1.82) is 0 Å². The van der Waals surface area contributed by atoms with Gasteiger partial charge in [-0.15, -0.1) is 0 Å². The molecule has 0 unspecified atom stereocenters. The van der Waals surface area contributed by atoms with Crippen LogP contribution >= 0.6 is 0 Å². The minimum Gasteiger partial charge on any atom is -0.463 e. The number of hydrogen-bond acceptors (Lipinski definition) is 5. The summed E-state index contributed by atoms with van der Waals surface area (Å²) in [5.74, 6) is -0.372. The quantitative estimate of drug-likeness (QED) is 0.217. The van der Waals surface area contributed by atoms with Crippen molar-refractivity contribution in [2.45, 2.75) is 85.2 Å². The summed E-state index contributed by atoms with van der Waals surface area (Å²) in [4.78, 5) is 11.0. The van der Waals surface area contributed by atoms with Gasteiger partial charge < -0.3 is 18.0 Å². The Morgan fingerprint density at radius 1 is 0.913 bits per heavy atom. The zero-order valence-electron chi connectivity index (χ0n) is 15.6. The fourth-order valence-corrected chi connectivity index (χ4v) is 5.55. The molecule has 0 bridgehead atoms. The van der Waals surface area contributed by atoms with Crippen LogP contribution in [0.4, 0.5) is 0 Å². The van der Waals surface area contributed by atoms with Crippen LogP contribution in [-0.4, -0.2) is 39.7 Å². The van der Waals surface area contributed by atoms with Crippen molar-refractivity contribution >= 4 is 14.8 Å². The van der Waals surface area contributed by atoms with Gasteiger partial charge in [-0.2, -0.15) is 0 Å². The van der Waals surface area contributed by atoms with Gasteiger partial charge in [-0.25, -0.2) is 4.79 Å². The van der Waals surface area contributed by atoms with E-state index >= 15 is 0 Å². The third kappa shape index (κ3) is 11.5. The minimum atomic E-state index is -2.70. The van der Waals surface area contributed by atoms with Crippen LogP contribution in [-0.2, 0) is 22.8 Å². The fourth-order valence-electron chi connectivity index (χ4n) is 2.19. The first kappa shape index (κ1) is 22.3. The molecule has 0 atom stereocenters. The first-order valence-corrected chi connectivity index (χ1v) is 10.5. The Morgan fingerprint density at radius 2 is 1.39 bits per heavy atom. The monoisotopic (exact) mass is 346 g/mol. The number of rotatable bonds is 13. The van der Waals surface area contributed by atoms with Crippen LogP contribution in [0.1, 0.15) is 60.8 Å². The summed E-state index contributed by atoms with van der Waals surface area (Å²) in [6.45, 7) is 15.8. The summed E-state index contributed by atoms with van der Waals surface area (Å²) in [7, 11) is -2.70. The average Bonchev–Trinajstić information content (AvgIpc) is 2.39. The van der Waals surface area contributed by atoms with Gasteiger partial charge in [-0.3, -0.25) is 0 Å². The molecule has 0 rings (SSSR count). The number of ether oxygens (including phenoxy) is 1. The van der Waals surface area contributed by atoms with Crippen molar-refractivity contribution < 1.29 is 22.8 Å². The Morgan fingerprint density at radius 3 is 1.78 bits per heavy atom. The predicted molar refractivity (Wildman–Crippen MR) is 94.2 cm³/mol. The lowest BCUT2D eigenvalue weighted by molar-refractivity contribution is -0.137. The molecule has 0 amide bonds. The van der Waals surface area contributed by atoms with Crippen molar-refractivity contribution in [3.63, 3.8) is 0 Å². The molecule has 0 radical (unpaired) electrons. The van der Waals surface area contributed by atoms with E-state index in [1.807, 2.05) is 41.5 Å². The fraction of sp³-hybridized carbons (Fsp3) is 0.824. The summed E-state index contributed by atoms with van der Waals surface area (Å²) in [6.07, 6.45) is 4.04. The predicted octanol–water partition coefficient (Wildman–Crippen LogP) is 4.10. The smallest absolute Gasteiger partial charge is 0.463 e. The molecule has 0 spiro atoms. The van der Waals surface area contributed by atoms with E-state index in [4.69, 9.17) is 18.0 Å². The van der Waals surface area contributed by atoms with E-state index in [0.29, 0.717) is 6.61 Å². The van der Waals surface area contributed by atoms with Crippen molar-refractivity contribution in [3.05, 3.63) is 12.7 Å². The highest BCUT2D eigenvalue weighted by Gasteiger charge is 2.43. The topological polar surface area (TPSA) is 54.0 Å². The van der Waals surface area contributed by atoms with Gasteiger partial charge in [0.05, 0.1) is 6.61 Å². The highest BCUT2D eigenvalue weighted by Crippen LogP contribution is 2.24. The SMILES string of the molecule is C=CC(=O)OCCCCC[Si](OC(C)C)(OC(C)C)OC(C)C. The van der Waals surface area contributed by atoms with Crippen LogP contribution in [0.25, 0.3) is 0 Å². The Bertz CT molecular complexity index is 315. The maximum atomic E-state index is 11.0. The first-order valence-electron chi connectivity index (χ1n) is 8.53. The van der Waals surface area contributed by atoms with Crippen LogP contribution in [0.15, 0.2) is 12.7 Å². The van der Waals surface area contributed by atoms with E-state index in [9.17, 15) is 4.79 Å². The van der Waals surface area contributed by atoms with E-state index in [2.05, 4.69) is 6.58 Å². The lowest BCUT2D eigenvalue weighted by atomic mass is 10.3. The molecule has 23 heavy (non-hydrogen) atoms. The van der Waals surface area contributed by atoms with Gasteiger partial charge in [0.25, 0.3) is 0 Å². The third-order valence-corrected chi connectivity index (χ3v) is 6.24. The van der Waals surface area contributed by atoms with Crippen molar-refractivity contribution in [3.8, 4) is 0 Å². The first-order chi connectivity index (χ1) is 10.7. The zero-order chi connectivity index (χ0) is 17.9. The second kappa shape index (κ2) is 11.8. The number of carbonyl (C=O) groups is 1. The number of esters is 1. The molecule has 0 fully saturated rings. The average molecular weight is 347 g/mol. The van der Waals surface area contributed by atoms with Crippen LogP contribution in [0.2, 0.25) is 6.04 Å². The maximum absolute atomic E-state index is 11.0. The Balaban J connectivity index is 4.48. The lowest BCUT2D eigenvalue weighted by Gasteiger charge is -2.34. The van der Waals surface area contributed by atoms with Gasteiger partial charge in [0.2, 0.25) is 0 Å². The largest absolute Gasteiger partial charge is 0.501 e. The highest BCUT2D eigenvalue weighted by atomic mass is 28.4. The minimum absolute atomic E-state index is 0.0627. The Hall–Kier alpha value is -0.693. The van der Waals surface area contributed by atoms with Gasteiger partial charge in [0, 0.05) is 30.4 Å². The van der Waals surface area contributed by atoms with Gasteiger partial charge in [0.1, 0.15) is 0 Å². The Kier molecular flexibility index (Phi) is 11.4. The molecule has 0 aromatic carbocycles. The third-order valence-electron chi connectivity index (χ3n) is 2.78. The molecule has 0 aromatic rings. The summed E-state index contributed by atoms with van der Waals surface area (Å²) >= 11 is 0. The summed E-state index contributed by atoms with van der Waals surface area (Å²) in [6, 6.07) is 0.775. The van der Waals surface area contributed by atoms with E-state index in [0.717, 1.165) is 25.3 Å². The Labute approximate surface area is 142 Å². The molecule has 0 heterocycles. The van der Waals surface area contributed by atoms with Gasteiger partial charge >= 0.3 is 14.8 Å². The summed E-state index contributed by atoms with van der Waals surface area (Å²) in [5.41, 5.74) is 0. The summed E-state index contributed by atoms with van der Waals surface area (Å²) < 4.78 is 23.3. The molecule has 0 aromatic heterocycles. The van der Waals surface area contributed by atoms with Crippen LogP contribution in [0.3, 0.4) is 0 Å². The van der Waals surface area contributed by atoms with Crippen LogP contribution < -0.4 is 0 Å². The zero-order valence-corrected chi connectivity index (χ0v) is 16.6. The molecule has 0 saturated heterocycles. The highest BCUT2D eigenvalue weighted by molar-refractivity contribution is 6.60. The molecule has 0 aliphatic heterocycles. The maximum Gasteiger partial charge on any atom is 0.501 e. The van der Waals surface area contributed by atoms with E-state index in [-0.39, 0.29) is 24.3 Å². The standard InChI is InChI=1S/C17H34O5Si/c1-8-17(18)19-12-10-9-11-13-23(20-14(2)3,21-15(4)5)22-16(6)7/h8,14-16H,1,9-13H2,2-7H3. The van der Waals surface area contributed by atoms with Crippen LogP contribution in [0, 0.1) is 0 Å². The molecule has 5 nitrogen and oxygen atoms in total. The van der Waals surface area contributed by atoms with Crippen molar-refractivity contribution in [2.75, 3.05) is 6.61 Å². The van der Waals surface area contributed by atoms with E-state index in [1.54, 1.807) is 0 Å². The molecule has 0 saturated carbocycles. The van der Waals surface area contributed by atoms with E-state index in [1.165, 1.54) is 6.08 Å². The molecule has 136 valence electrons. The molecule has 6 heteroatoms. The number of unbranched alkanes of at least 4 members (excludes halogenated alkanes) is 2. The molecule has 0 N–H and O–H groups in total. The molecular formula is C17H34O5Si. The lowest BCUT2D eigenvalue weighted by Crippen LogP contribution is -2.50. The van der Waals surface area contributed by atoms with E-state index < -0.39 is 8.80 Å².